The molecule has 2 rings (SSSR count). The van der Waals surface area contributed by atoms with Crippen LogP contribution in [0.5, 0.6) is 5.75 Å². The van der Waals surface area contributed by atoms with E-state index in [1.54, 1.807) is 31.4 Å². The van der Waals surface area contributed by atoms with Crippen LogP contribution in [0.3, 0.4) is 0 Å². The molecule has 2 aromatic carbocycles. The number of anilines is 1. The van der Waals surface area contributed by atoms with E-state index in [9.17, 15) is 4.79 Å². The van der Waals surface area contributed by atoms with Gasteiger partial charge in [0.15, 0.2) is 0 Å². The van der Waals surface area contributed by atoms with Gasteiger partial charge in [0, 0.05) is 9.64 Å². The van der Waals surface area contributed by atoms with Gasteiger partial charge in [0.05, 0.1) is 23.4 Å². The zero-order chi connectivity index (χ0) is 13.8. The zero-order valence-electron chi connectivity index (χ0n) is 10.1. The number of carbonyl (C=O) groups excluding carboxylic acids is 1. The standard InChI is InChI=1S/C14H11ClINO2/c1-19-9-6-7-11(15)13(8-9)17-14(18)10-4-2-3-5-12(10)16/h2-8H,1H3,(H,17,18). The van der Waals surface area contributed by atoms with E-state index in [0.717, 1.165) is 3.57 Å². The minimum absolute atomic E-state index is 0.194. The van der Waals surface area contributed by atoms with Crippen LogP contribution in [0.4, 0.5) is 5.69 Å². The number of nitrogens with one attached hydrogen (secondary N) is 1. The Balaban J connectivity index is 2.26. The molecule has 19 heavy (non-hydrogen) atoms. The van der Waals surface area contributed by atoms with Crippen molar-refractivity contribution >= 4 is 45.8 Å². The fraction of sp³-hybridized carbons (Fsp3) is 0.0714. The van der Waals surface area contributed by atoms with Gasteiger partial charge in [-0.2, -0.15) is 0 Å². The molecule has 0 atom stereocenters. The van der Waals surface area contributed by atoms with Crippen molar-refractivity contribution in [2.45, 2.75) is 0 Å². The molecule has 1 N–H and O–H groups in total. The molecule has 0 saturated carbocycles. The molecule has 0 heterocycles. The number of hydrogen-bond acceptors (Lipinski definition) is 2. The molecule has 0 spiro atoms. The second-order valence-electron chi connectivity index (χ2n) is 3.78. The Labute approximate surface area is 130 Å². The predicted octanol–water partition coefficient (Wildman–Crippen LogP) is 4.21. The van der Waals surface area contributed by atoms with Crippen molar-refractivity contribution in [3.8, 4) is 5.75 Å². The Morgan fingerprint density at radius 1 is 1.26 bits per heavy atom. The minimum atomic E-state index is -0.194. The lowest BCUT2D eigenvalue weighted by Gasteiger charge is -2.10. The highest BCUT2D eigenvalue weighted by Crippen LogP contribution is 2.27. The van der Waals surface area contributed by atoms with Gasteiger partial charge in [0.25, 0.3) is 5.91 Å². The number of benzene rings is 2. The Hall–Kier alpha value is -1.27. The summed E-state index contributed by atoms with van der Waals surface area (Å²) in [6.45, 7) is 0. The molecule has 0 fully saturated rings. The number of carbonyl (C=O) groups is 1. The Bertz CT molecular complexity index is 616. The SMILES string of the molecule is COc1ccc(Cl)c(NC(=O)c2ccccc2I)c1. The van der Waals surface area contributed by atoms with Crippen LogP contribution >= 0.6 is 34.2 Å². The number of ether oxygens (including phenoxy) is 1. The minimum Gasteiger partial charge on any atom is -0.497 e. The molecule has 0 aliphatic rings. The van der Waals surface area contributed by atoms with Crippen molar-refractivity contribution < 1.29 is 9.53 Å². The quantitative estimate of drug-likeness (QED) is 0.802. The first-order chi connectivity index (χ1) is 9.11. The molecule has 98 valence electrons. The fourth-order valence-corrected chi connectivity index (χ4v) is 2.36. The summed E-state index contributed by atoms with van der Waals surface area (Å²) in [6, 6.07) is 12.5. The highest BCUT2D eigenvalue weighted by Gasteiger charge is 2.11. The highest BCUT2D eigenvalue weighted by atomic mass is 127. The van der Waals surface area contributed by atoms with Crippen molar-refractivity contribution in [1.82, 2.24) is 0 Å². The molecule has 0 bridgehead atoms. The van der Waals surface area contributed by atoms with E-state index in [1.807, 2.05) is 18.2 Å². The maximum Gasteiger partial charge on any atom is 0.256 e. The first kappa shape index (κ1) is 14.1. The molecule has 0 aliphatic heterocycles. The number of hydrogen-bond donors (Lipinski definition) is 1. The second kappa shape index (κ2) is 6.25. The summed E-state index contributed by atoms with van der Waals surface area (Å²) in [5.41, 5.74) is 1.15. The van der Waals surface area contributed by atoms with E-state index < -0.39 is 0 Å². The van der Waals surface area contributed by atoms with Gasteiger partial charge >= 0.3 is 0 Å². The summed E-state index contributed by atoms with van der Waals surface area (Å²) in [7, 11) is 1.56. The zero-order valence-corrected chi connectivity index (χ0v) is 13.0. The van der Waals surface area contributed by atoms with Crippen LogP contribution in [0, 0.1) is 3.57 Å². The molecule has 2 aromatic rings. The molecule has 5 heteroatoms. The summed E-state index contributed by atoms with van der Waals surface area (Å²) in [5.74, 6) is 0.447. The number of amides is 1. The lowest BCUT2D eigenvalue weighted by Crippen LogP contribution is -2.13. The van der Waals surface area contributed by atoms with Crippen molar-refractivity contribution in [2.24, 2.45) is 0 Å². The Morgan fingerprint density at radius 2 is 2.00 bits per heavy atom. The van der Waals surface area contributed by atoms with E-state index in [0.29, 0.717) is 22.0 Å². The molecule has 0 radical (unpaired) electrons. The van der Waals surface area contributed by atoms with E-state index in [2.05, 4.69) is 27.9 Å². The van der Waals surface area contributed by atoms with E-state index in [4.69, 9.17) is 16.3 Å². The summed E-state index contributed by atoms with van der Waals surface area (Å²) < 4.78 is 6.00. The Kier molecular flexibility index (Phi) is 4.66. The normalized spacial score (nSPS) is 10.1. The van der Waals surface area contributed by atoms with Crippen molar-refractivity contribution in [3.05, 3.63) is 56.6 Å². The van der Waals surface area contributed by atoms with Gasteiger partial charge in [-0.05, 0) is 46.9 Å². The van der Waals surface area contributed by atoms with Crippen LogP contribution in [-0.2, 0) is 0 Å². The van der Waals surface area contributed by atoms with Gasteiger partial charge < -0.3 is 10.1 Å². The van der Waals surface area contributed by atoms with Gasteiger partial charge in [0.1, 0.15) is 5.75 Å². The monoisotopic (exact) mass is 387 g/mol. The smallest absolute Gasteiger partial charge is 0.256 e. The number of methoxy groups -OCH3 is 1. The van der Waals surface area contributed by atoms with Crippen LogP contribution in [0.25, 0.3) is 0 Å². The van der Waals surface area contributed by atoms with Crippen LogP contribution in [0.2, 0.25) is 5.02 Å². The third-order valence-electron chi connectivity index (χ3n) is 2.54. The lowest BCUT2D eigenvalue weighted by atomic mass is 10.2. The summed E-state index contributed by atoms with van der Waals surface area (Å²) in [4.78, 5) is 12.2. The van der Waals surface area contributed by atoms with Gasteiger partial charge in [-0.25, -0.2) is 0 Å². The second-order valence-corrected chi connectivity index (χ2v) is 5.35. The maximum absolute atomic E-state index is 12.2. The van der Waals surface area contributed by atoms with Gasteiger partial charge in [-0.15, -0.1) is 0 Å². The third kappa shape index (κ3) is 3.39. The largest absolute Gasteiger partial charge is 0.497 e. The number of halogens is 2. The third-order valence-corrected chi connectivity index (χ3v) is 3.81. The predicted molar refractivity (Wildman–Crippen MR) is 85.1 cm³/mol. The van der Waals surface area contributed by atoms with Crippen molar-refractivity contribution in [1.29, 1.82) is 0 Å². The first-order valence-corrected chi connectivity index (χ1v) is 6.97. The maximum atomic E-state index is 12.2. The molecule has 0 saturated heterocycles. The average molecular weight is 388 g/mol. The van der Waals surface area contributed by atoms with Crippen LogP contribution < -0.4 is 10.1 Å². The first-order valence-electron chi connectivity index (χ1n) is 5.51. The average Bonchev–Trinajstić information content (AvgIpc) is 2.41. The number of rotatable bonds is 3. The molecule has 3 nitrogen and oxygen atoms in total. The van der Waals surface area contributed by atoms with Crippen molar-refractivity contribution in [2.75, 3.05) is 12.4 Å². The van der Waals surface area contributed by atoms with Gasteiger partial charge in [-0.3, -0.25) is 4.79 Å². The van der Waals surface area contributed by atoms with Gasteiger partial charge in [0.2, 0.25) is 0 Å². The van der Waals surface area contributed by atoms with E-state index in [-0.39, 0.29) is 5.91 Å². The fourth-order valence-electron chi connectivity index (χ4n) is 1.56. The van der Waals surface area contributed by atoms with Crippen LogP contribution in [0.15, 0.2) is 42.5 Å². The summed E-state index contributed by atoms with van der Waals surface area (Å²) in [6.07, 6.45) is 0. The summed E-state index contributed by atoms with van der Waals surface area (Å²) >= 11 is 8.17. The van der Waals surface area contributed by atoms with Gasteiger partial charge in [-0.1, -0.05) is 23.7 Å². The Morgan fingerprint density at radius 3 is 2.68 bits per heavy atom. The molecule has 0 aliphatic carbocycles. The molecule has 0 aromatic heterocycles. The van der Waals surface area contributed by atoms with E-state index in [1.165, 1.54) is 0 Å². The lowest BCUT2D eigenvalue weighted by molar-refractivity contribution is 0.102. The molecule has 0 unspecified atom stereocenters. The summed E-state index contributed by atoms with van der Waals surface area (Å²) in [5, 5.41) is 3.26. The molecular formula is C14H11ClINO2. The van der Waals surface area contributed by atoms with Crippen molar-refractivity contribution in [3.63, 3.8) is 0 Å². The van der Waals surface area contributed by atoms with Crippen LogP contribution in [-0.4, -0.2) is 13.0 Å². The highest BCUT2D eigenvalue weighted by molar-refractivity contribution is 14.1. The molecular weight excluding hydrogens is 377 g/mol. The topological polar surface area (TPSA) is 38.3 Å². The molecule has 1 amide bonds. The van der Waals surface area contributed by atoms with E-state index >= 15 is 0 Å². The van der Waals surface area contributed by atoms with Crippen LogP contribution in [0.1, 0.15) is 10.4 Å².